The van der Waals surface area contributed by atoms with E-state index in [-0.39, 0.29) is 41.1 Å². The third-order valence-electron chi connectivity index (χ3n) is 7.42. The van der Waals surface area contributed by atoms with Crippen molar-refractivity contribution in [1.82, 2.24) is 10.2 Å². The Hall–Kier alpha value is -1.88. The van der Waals surface area contributed by atoms with Gasteiger partial charge in [0.1, 0.15) is 0 Å². The van der Waals surface area contributed by atoms with Crippen molar-refractivity contribution >= 4 is 11.8 Å². The number of benzene rings is 1. The van der Waals surface area contributed by atoms with Crippen molar-refractivity contribution in [2.45, 2.75) is 71.1 Å². The Bertz CT molecular complexity index is 805. The van der Waals surface area contributed by atoms with E-state index >= 15 is 0 Å². The Labute approximate surface area is 167 Å². The van der Waals surface area contributed by atoms with E-state index < -0.39 is 6.10 Å². The van der Waals surface area contributed by atoms with E-state index in [4.69, 9.17) is 0 Å². The van der Waals surface area contributed by atoms with Crippen molar-refractivity contribution in [2.24, 2.45) is 17.8 Å². The quantitative estimate of drug-likeness (QED) is 0.841. The molecule has 0 bridgehead atoms. The fourth-order valence-electron chi connectivity index (χ4n) is 6.03. The molecule has 1 aromatic carbocycles. The van der Waals surface area contributed by atoms with Crippen LogP contribution in [0.1, 0.15) is 56.7 Å². The molecule has 3 aliphatic rings. The SMILES string of the molecule is Cc1ccc2c(c1)CCCN1C(=O)C[C@H]3[C@H](C(=O)N[C@H](C)[C@@H](C)O)[C@@H](C)CC231. The summed E-state index contributed by atoms with van der Waals surface area (Å²) in [4.78, 5) is 28.3. The number of aliphatic hydroxyl groups is 1. The molecule has 5 nitrogen and oxygen atoms in total. The van der Waals surface area contributed by atoms with E-state index in [2.05, 4.69) is 42.3 Å². The van der Waals surface area contributed by atoms with Crippen molar-refractivity contribution < 1.29 is 14.7 Å². The van der Waals surface area contributed by atoms with Gasteiger partial charge in [-0.1, -0.05) is 30.7 Å². The average Bonchev–Trinajstić information content (AvgIpc) is 2.97. The zero-order valence-corrected chi connectivity index (χ0v) is 17.4. The number of nitrogens with one attached hydrogen (secondary N) is 1. The maximum absolute atomic E-state index is 13.2. The topological polar surface area (TPSA) is 69.6 Å². The number of aliphatic hydroxyl groups excluding tert-OH is 1. The molecule has 2 fully saturated rings. The minimum absolute atomic E-state index is 0.00393. The van der Waals surface area contributed by atoms with Crippen LogP contribution in [-0.2, 0) is 21.5 Å². The molecule has 28 heavy (non-hydrogen) atoms. The van der Waals surface area contributed by atoms with E-state index in [0.717, 1.165) is 25.8 Å². The number of amides is 2. The summed E-state index contributed by atoms with van der Waals surface area (Å²) >= 11 is 0. The first kappa shape index (κ1) is 19.4. The van der Waals surface area contributed by atoms with E-state index in [1.807, 2.05) is 6.92 Å². The molecule has 1 aliphatic carbocycles. The van der Waals surface area contributed by atoms with Gasteiger partial charge in [0.2, 0.25) is 11.8 Å². The second-order valence-corrected chi connectivity index (χ2v) is 9.29. The van der Waals surface area contributed by atoms with E-state index in [9.17, 15) is 14.7 Å². The highest BCUT2D eigenvalue weighted by Crippen LogP contribution is 2.60. The van der Waals surface area contributed by atoms with Crippen LogP contribution in [0.2, 0.25) is 0 Å². The molecule has 1 saturated carbocycles. The predicted octanol–water partition coefficient (Wildman–Crippen LogP) is 2.53. The zero-order chi connectivity index (χ0) is 20.2. The minimum atomic E-state index is -0.599. The summed E-state index contributed by atoms with van der Waals surface area (Å²) in [5.41, 5.74) is 3.49. The maximum Gasteiger partial charge on any atom is 0.224 e. The number of aryl methyl sites for hydroxylation is 2. The molecule has 1 saturated heterocycles. The second kappa shape index (κ2) is 6.87. The van der Waals surface area contributed by atoms with Crippen LogP contribution in [0, 0.1) is 24.7 Å². The van der Waals surface area contributed by atoms with Crippen LogP contribution in [0.15, 0.2) is 18.2 Å². The zero-order valence-electron chi connectivity index (χ0n) is 17.4. The number of hydrogen-bond acceptors (Lipinski definition) is 3. The van der Waals surface area contributed by atoms with Gasteiger partial charge in [0.05, 0.1) is 17.7 Å². The largest absolute Gasteiger partial charge is 0.391 e. The Kier molecular flexibility index (Phi) is 4.77. The van der Waals surface area contributed by atoms with Gasteiger partial charge >= 0.3 is 0 Å². The molecule has 1 spiro atoms. The average molecular weight is 385 g/mol. The first-order valence-corrected chi connectivity index (χ1v) is 10.6. The van der Waals surface area contributed by atoms with Gasteiger partial charge in [-0.15, -0.1) is 0 Å². The molecular formula is C23H32N2O3. The van der Waals surface area contributed by atoms with Gasteiger partial charge in [-0.3, -0.25) is 9.59 Å². The molecule has 6 atom stereocenters. The monoisotopic (exact) mass is 384 g/mol. The van der Waals surface area contributed by atoms with Crippen molar-refractivity contribution in [3.05, 3.63) is 34.9 Å². The molecule has 1 unspecified atom stereocenters. The first-order chi connectivity index (χ1) is 13.3. The number of nitrogens with zero attached hydrogens (tertiary/aromatic N) is 1. The second-order valence-electron chi connectivity index (χ2n) is 9.29. The molecule has 152 valence electrons. The third-order valence-corrected chi connectivity index (χ3v) is 7.42. The highest BCUT2D eigenvalue weighted by molar-refractivity contribution is 5.86. The number of hydrogen-bond donors (Lipinski definition) is 2. The van der Waals surface area contributed by atoms with Crippen LogP contribution < -0.4 is 5.32 Å². The van der Waals surface area contributed by atoms with Crippen molar-refractivity contribution in [3.63, 3.8) is 0 Å². The molecular weight excluding hydrogens is 352 g/mol. The third kappa shape index (κ3) is 2.78. The van der Waals surface area contributed by atoms with Crippen LogP contribution in [0.25, 0.3) is 0 Å². The van der Waals surface area contributed by atoms with Crippen molar-refractivity contribution in [1.29, 1.82) is 0 Å². The molecule has 2 aliphatic heterocycles. The Morgan fingerprint density at radius 1 is 1.36 bits per heavy atom. The highest BCUT2D eigenvalue weighted by Gasteiger charge is 2.64. The number of fused-ring (bicyclic) bond motifs is 1. The van der Waals surface area contributed by atoms with Gasteiger partial charge in [-0.05, 0) is 57.1 Å². The highest BCUT2D eigenvalue weighted by atomic mass is 16.3. The van der Waals surface area contributed by atoms with Gasteiger partial charge in [-0.2, -0.15) is 0 Å². The van der Waals surface area contributed by atoms with Crippen LogP contribution >= 0.6 is 0 Å². The molecule has 2 heterocycles. The lowest BCUT2D eigenvalue weighted by Crippen LogP contribution is -2.47. The van der Waals surface area contributed by atoms with Gasteiger partial charge in [0.15, 0.2) is 0 Å². The number of rotatable bonds is 3. The molecule has 2 amide bonds. The normalized spacial score (nSPS) is 33.5. The predicted molar refractivity (Wildman–Crippen MR) is 108 cm³/mol. The fraction of sp³-hybridized carbons (Fsp3) is 0.652. The molecule has 1 aromatic rings. The van der Waals surface area contributed by atoms with Crippen LogP contribution in [0.5, 0.6) is 0 Å². The first-order valence-electron chi connectivity index (χ1n) is 10.6. The van der Waals surface area contributed by atoms with Crippen molar-refractivity contribution in [3.8, 4) is 0 Å². The lowest BCUT2D eigenvalue weighted by atomic mass is 9.76. The van der Waals surface area contributed by atoms with Gasteiger partial charge in [0, 0.05) is 24.8 Å². The summed E-state index contributed by atoms with van der Waals surface area (Å²) in [7, 11) is 0. The molecule has 4 rings (SSSR count). The summed E-state index contributed by atoms with van der Waals surface area (Å²) in [6.45, 7) is 8.55. The lowest BCUT2D eigenvalue weighted by Gasteiger charge is -2.39. The minimum Gasteiger partial charge on any atom is -0.391 e. The summed E-state index contributed by atoms with van der Waals surface area (Å²) in [5, 5.41) is 12.8. The fourth-order valence-corrected chi connectivity index (χ4v) is 6.03. The summed E-state index contributed by atoms with van der Waals surface area (Å²) in [6.07, 6.45) is 2.64. The lowest BCUT2D eigenvalue weighted by molar-refractivity contribution is -0.131. The molecule has 0 aromatic heterocycles. The van der Waals surface area contributed by atoms with E-state index in [0.29, 0.717) is 6.42 Å². The van der Waals surface area contributed by atoms with Gasteiger partial charge in [0.25, 0.3) is 0 Å². The molecule has 5 heteroatoms. The Morgan fingerprint density at radius 3 is 2.82 bits per heavy atom. The summed E-state index contributed by atoms with van der Waals surface area (Å²) in [5.74, 6) is 0.147. The van der Waals surface area contributed by atoms with Crippen LogP contribution in [0.4, 0.5) is 0 Å². The number of carbonyl (C=O) groups is 2. The van der Waals surface area contributed by atoms with Crippen LogP contribution in [-0.4, -0.2) is 40.5 Å². The standard InChI is InChI=1S/C23H32N2O3/c1-13-7-8-18-17(10-13)6-5-9-25-20(27)11-19-21(14(2)12-23(18,19)25)22(28)24-15(3)16(4)26/h7-8,10,14-16,19,21,26H,5-6,9,11-12H2,1-4H3,(H,24,28)/t14-,15+,16+,19-,21+,23?/m0/s1. The van der Waals surface area contributed by atoms with Crippen LogP contribution in [0.3, 0.4) is 0 Å². The summed E-state index contributed by atoms with van der Waals surface area (Å²) in [6, 6.07) is 6.32. The Balaban J connectivity index is 1.77. The number of carbonyl (C=O) groups excluding carboxylic acids is 2. The van der Waals surface area contributed by atoms with Crippen molar-refractivity contribution in [2.75, 3.05) is 6.54 Å². The van der Waals surface area contributed by atoms with Gasteiger partial charge < -0.3 is 15.3 Å². The molecule has 0 radical (unpaired) electrons. The smallest absolute Gasteiger partial charge is 0.224 e. The van der Waals surface area contributed by atoms with E-state index in [1.54, 1.807) is 6.92 Å². The van der Waals surface area contributed by atoms with Gasteiger partial charge in [-0.25, -0.2) is 0 Å². The van der Waals surface area contributed by atoms with E-state index in [1.165, 1.54) is 16.7 Å². The maximum atomic E-state index is 13.2. The summed E-state index contributed by atoms with van der Waals surface area (Å²) < 4.78 is 0. The molecule has 2 N–H and O–H groups in total. The Morgan fingerprint density at radius 2 is 2.11 bits per heavy atom.